The lowest BCUT2D eigenvalue weighted by molar-refractivity contribution is 0.0695. The van der Waals surface area contributed by atoms with Gasteiger partial charge in [0, 0.05) is 11.1 Å². The summed E-state index contributed by atoms with van der Waals surface area (Å²) in [5, 5.41) is 8.85. The molecule has 0 amide bonds. The Balaban J connectivity index is 2.89. The number of aromatic carboxylic acids is 1. The number of carbonyl (C=O) groups is 1. The molecule has 0 spiro atoms. The number of hydrogen-bond donors (Lipinski definition) is 2. The number of nitrogens with one attached hydrogen (secondary N) is 1. The quantitative estimate of drug-likeness (QED) is 0.804. The highest BCUT2D eigenvalue weighted by molar-refractivity contribution is 7.98. The number of carboxylic acid groups (broad SMARTS) is 1. The van der Waals surface area contributed by atoms with Crippen molar-refractivity contribution in [3.05, 3.63) is 39.9 Å². The number of pyridine rings is 1. The molecule has 4 nitrogen and oxygen atoms in total. The van der Waals surface area contributed by atoms with Gasteiger partial charge in [-0.3, -0.25) is 4.79 Å². The van der Waals surface area contributed by atoms with Crippen LogP contribution < -0.4 is 5.43 Å². The SMILES string of the molecule is CSc1cc(F)c2[nH]cc(C(=O)O)c(=O)c2c1. The van der Waals surface area contributed by atoms with Crippen LogP contribution in [0.4, 0.5) is 4.39 Å². The maximum absolute atomic E-state index is 13.6. The number of carboxylic acids is 1. The number of aromatic nitrogens is 1. The summed E-state index contributed by atoms with van der Waals surface area (Å²) in [5.74, 6) is -1.90. The molecule has 1 aromatic carbocycles. The van der Waals surface area contributed by atoms with E-state index in [9.17, 15) is 14.0 Å². The van der Waals surface area contributed by atoms with Crippen LogP contribution in [0.25, 0.3) is 10.9 Å². The van der Waals surface area contributed by atoms with Crippen LogP contribution in [-0.2, 0) is 0 Å². The standard InChI is InChI=1S/C11H8FNO3S/c1-17-5-2-6-9(8(12)3-5)13-4-7(10(6)14)11(15)16/h2-4H,1H3,(H,13,14)(H,15,16). The summed E-state index contributed by atoms with van der Waals surface area (Å²) in [7, 11) is 0. The van der Waals surface area contributed by atoms with E-state index in [1.807, 2.05) is 0 Å². The molecule has 0 saturated carbocycles. The fourth-order valence-electron chi connectivity index (χ4n) is 1.54. The number of aromatic amines is 1. The van der Waals surface area contributed by atoms with E-state index in [4.69, 9.17) is 5.11 Å². The van der Waals surface area contributed by atoms with Crippen molar-refractivity contribution in [2.75, 3.05) is 6.26 Å². The van der Waals surface area contributed by atoms with E-state index in [1.54, 1.807) is 6.26 Å². The third-order valence-electron chi connectivity index (χ3n) is 2.38. The highest BCUT2D eigenvalue weighted by Crippen LogP contribution is 2.22. The minimum atomic E-state index is -1.33. The topological polar surface area (TPSA) is 70.2 Å². The van der Waals surface area contributed by atoms with Crippen molar-refractivity contribution < 1.29 is 14.3 Å². The fraction of sp³-hybridized carbons (Fsp3) is 0.0909. The predicted octanol–water partition coefficient (Wildman–Crippen LogP) is 2.09. The maximum Gasteiger partial charge on any atom is 0.341 e. The molecule has 0 bridgehead atoms. The first-order valence-electron chi connectivity index (χ1n) is 4.67. The second-order valence-corrected chi connectivity index (χ2v) is 4.25. The molecular weight excluding hydrogens is 245 g/mol. The molecule has 0 atom stereocenters. The molecule has 88 valence electrons. The van der Waals surface area contributed by atoms with Crippen LogP contribution in [0.2, 0.25) is 0 Å². The molecule has 0 fully saturated rings. The monoisotopic (exact) mass is 253 g/mol. The normalized spacial score (nSPS) is 10.7. The fourth-order valence-corrected chi connectivity index (χ4v) is 2.00. The number of fused-ring (bicyclic) bond motifs is 1. The molecule has 1 heterocycles. The van der Waals surface area contributed by atoms with Crippen molar-refractivity contribution in [2.24, 2.45) is 0 Å². The average Bonchev–Trinajstić information content (AvgIpc) is 2.29. The van der Waals surface area contributed by atoms with Gasteiger partial charge in [-0.2, -0.15) is 0 Å². The first-order chi connectivity index (χ1) is 8.04. The molecule has 0 aliphatic rings. The minimum absolute atomic E-state index is 0.0257. The first-order valence-corrected chi connectivity index (χ1v) is 5.89. The Labute approximate surface area is 99.5 Å². The van der Waals surface area contributed by atoms with Crippen molar-refractivity contribution in [3.8, 4) is 0 Å². The zero-order valence-corrected chi connectivity index (χ0v) is 9.60. The van der Waals surface area contributed by atoms with Gasteiger partial charge < -0.3 is 10.1 Å². The van der Waals surface area contributed by atoms with Crippen LogP contribution in [-0.4, -0.2) is 22.3 Å². The Kier molecular flexibility index (Phi) is 2.89. The van der Waals surface area contributed by atoms with Gasteiger partial charge in [0.2, 0.25) is 5.43 Å². The van der Waals surface area contributed by atoms with Crippen LogP contribution in [0.15, 0.2) is 28.0 Å². The third-order valence-corrected chi connectivity index (χ3v) is 3.09. The van der Waals surface area contributed by atoms with Gasteiger partial charge in [0.25, 0.3) is 0 Å². The highest BCUT2D eigenvalue weighted by atomic mass is 32.2. The molecule has 2 aromatic rings. The summed E-state index contributed by atoms with van der Waals surface area (Å²) in [6.07, 6.45) is 2.75. The lowest BCUT2D eigenvalue weighted by atomic mass is 10.1. The largest absolute Gasteiger partial charge is 0.477 e. The van der Waals surface area contributed by atoms with Gasteiger partial charge in [-0.1, -0.05) is 0 Å². The van der Waals surface area contributed by atoms with E-state index in [1.165, 1.54) is 23.9 Å². The van der Waals surface area contributed by atoms with E-state index in [2.05, 4.69) is 4.98 Å². The molecule has 6 heteroatoms. The number of H-pyrrole nitrogens is 1. The molecule has 0 aliphatic carbocycles. The van der Waals surface area contributed by atoms with Gasteiger partial charge >= 0.3 is 5.97 Å². The average molecular weight is 253 g/mol. The van der Waals surface area contributed by atoms with Crippen LogP contribution >= 0.6 is 11.8 Å². The molecule has 0 radical (unpaired) electrons. The summed E-state index contributed by atoms with van der Waals surface area (Å²) in [5.41, 5.74) is -1.05. The van der Waals surface area contributed by atoms with Gasteiger partial charge in [-0.25, -0.2) is 9.18 Å². The molecule has 0 aliphatic heterocycles. The maximum atomic E-state index is 13.6. The summed E-state index contributed by atoms with van der Waals surface area (Å²) in [6.45, 7) is 0. The van der Waals surface area contributed by atoms with Gasteiger partial charge in [-0.05, 0) is 18.4 Å². The number of thioether (sulfide) groups is 1. The second kappa shape index (κ2) is 4.21. The number of rotatable bonds is 2. The Hall–Kier alpha value is -1.82. The molecule has 2 rings (SSSR count). The first kappa shape index (κ1) is 11.7. The summed E-state index contributed by atoms with van der Waals surface area (Å²) >= 11 is 1.28. The molecule has 2 N–H and O–H groups in total. The van der Waals surface area contributed by atoms with E-state index < -0.39 is 22.8 Å². The van der Waals surface area contributed by atoms with Crippen LogP contribution in [0.1, 0.15) is 10.4 Å². The molecule has 0 unspecified atom stereocenters. The Morgan fingerprint density at radius 1 is 1.47 bits per heavy atom. The Morgan fingerprint density at radius 2 is 2.18 bits per heavy atom. The van der Waals surface area contributed by atoms with E-state index >= 15 is 0 Å². The lowest BCUT2D eigenvalue weighted by Gasteiger charge is -2.03. The highest BCUT2D eigenvalue weighted by Gasteiger charge is 2.14. The lowest BCUT2D eigenvalue weighted by Crippen LogP contribution is -2.15. The van der Waals surface area contributed by atoms with E-state index in [-0.39, 0.29) is 10.9 Å². The number of benzene rings is 1. The predicted molar refractivity (Wildman–Crippen MR) is 63.3 cm³/mol. The van der Waals surface area contributed by atoms with Crippen molar-refractivity contribution in [2.45, 2.75) is 4.90 Å². The van der Waals surface area contributed by atoms with Crippen LogP contribution in [0, 0.1) is 5.82 Å². The minimum Gasteiger partial charge on any atom is -0.477 e. The van der Waals surface area contributed by atoms with Crippen LogP contribution in [0.3, 0.4) is 0 Å². The van der Waals surface area contributed by atoms with Crippen molar-refractivity contribution in [1.29, 1.82) is 0 Å². The molecule has 17 heavy (non-hydrogen) atoms. The Bertz CT molecular complexity index is 666. The van der Waals surface area contributed by atoms with E-state index in [0.29, 0.717) is 4.90 Å². The van der Waals surface area contributed by atoms with Gasteiger partial charge in [0.1, 0.15) is 11.4 Å². The summed E-state index contributed by atoms with van der Waals surface area (Å²) in [6, 6.07) is 2.78. The van der Waals surface area contributed by atoms with Gasteiger partial charge in [-0.15, -0.1) is 11.8 Å². The number of hydrogen-bond acceptors (Lipinski definition) is 3. The molecule has 1 aromatic heterocycles. The van der Waals surface area contributed by atoms with Crippen LogP contribution in [0.5, 0.6) is 0 Å². The van der Waals surface area contributed by atoms with Gasteiger partial charge in [0.05, 0.1) is 10.9 Å². The summed E-state index contributed by atoms with van der Waals surface area (Å²) in [4.78, 5) is 25.7. The second-order valence-electron chi connectivity index (χ2n) is 3.37. The molecule has 0 saturated heterocycles. The zero-order valence-electron chi connectivity index (χ0n) is 8.78. The third kappa shape index (κ3) is 1.91. The van der Waals surface area contributed by atoms with Crippen molar-refractivity contribution >= 4 is 28.6 Å². The van der Waals surface area contributed by atoms with E-state index in [0.717, 1.165) is 6.20 Å². The Morgan fingerprint density at radius 3 is 2.76 bits per heavy atom. The van der Waals surface area contributed by atoms with Gasteiger partial charge in [0.15, 0.2) is 0 Å². The molecular formula is C11H8FNO3S. The summed E-state index contributed by atoms with van der Waals surface area (Å²) < 4.78 is 13.6. The number of halogens is 1. The van der Waals surface area contributed by atoms with Crippen molar-refractivity contribution in [1.82, 2.24) is 4.98 Å². The zero-order chi connectivity index (χ0) is 12.6. The smallest absolute Gasteiger partial charge is 0.341 e. The van der Waals surface area contributed by atoms with Crippen molar-refractivity contribution in [3.63, 3.8) is 0 Å².